The van der Waals surface area contributed by atoms with Crippen molar-refractivity contribution in [3.63, 3.8) is 0 Å². The minimum absolute atomic E-state index is 0.118. The topological polar surface area (TPSA) is 109 Å². The number of fused-ring (bicyclic) bond motifs is 1. The highest BCUT2D eigenvalue weighted by atomic mass is 16.5. The molecule has 1 saturated heterocycles. The highest BCUT2D eigenvalue weighted by Crippen LogP contribution is 2.30. The van der Waals surface area contributed by atoms with E-state index >= 15 is 0 Å². The molecule has 9 heteroatoms. The van der Waals surface area contributed by atoms with Gasteiger partial charge in [-0.05, 0) is 55.7 Å². The third kappa shape index (κ3) is 4.47. The molecule has 4 aromatic rings. The molecule has 1 fully saturated rings. The van der Waals surface area contributed by atoms with Crippen LogP contribution in [0.15, 0.2) is 51.6 Å². The Labute approximate surface area is 196 Å². The van der Waals surface area contributed by atoms with Crippen molar-refractivity contribution in [2.24, 2.45) is 0 Å². The van der Waals surface area contributed by atoms with Crippen molar-refractivity contribution >= 4 is 17.0 Å². The first-order valence-corrected chi connectivity index (χ1v) is 11.1. The number of benzene rings is 1. The lowest BCUT2D eigenvalue weighted by molar-refractivity contribution is 0.0669. The Kier molecular flexibility index (Phi) is 6.18. The Morgan fingerprint density at radius 1 is 1.24 bits per heavy atom. The standard InChI is InChI=1S/C25H25N3O6/c1-15-23-18(12-19(20-6-4-10-32-20)27-25(23)34-28-15)24(29)26-13-16-7-8-21(22(11-16)30-2)33-14-17-5-3-9-31-17/h4,6-8,10-12,17H,3,5,9,13-14H2,1-2H3,(H,26,29). The van der Waals surface area contributed by atoms with Gasteiger partial charge in [-0.3, -0.25) is 4.79 Å². The summed E-state index contributed by atoms with van der Waals surface area (Å²) in [5.74, 6) is 1.51. The van der Waals surface area contributed by atoms with Crippen LogP contribution < -0.4 is 14.8 Å². The van der Waals surface area contributed by atoms with E-state index in [2.05, 4.69) is 15.5 Å². The van der Waals surface area contributed by atoms with Crippen LogP contribution in [0.4, 0.5) is 0 Å². The van der Waals surface area contributed by atoms with Gasteiger partial charge in [-0.25, -0.2) is 4.98 Å². The lowest BCUT2D eigenvalue weighted by atomic mass is 10.1. The molecule has 176 valence electrons. The molecule has 34 heavy (non-hydrogen) atoms. The number of methoxy groups -OCH3 is 1. The van der Waals surface area contributed by atoms with Crippen molar-refractivity contribution in [3.8, 4) is 23.0 Å². The number of carbonyl (C=O) groups excluding carboxylic acids is 1. The normalized spacial score (nSPS) is 15.5. The van der Waals surface area contributed by atoms with E-state index in [1.165, 1.54) is 0 Å². The number of furan rings is 1. The molecule has 0 spiro atoms. The van der Waals surface area contributed by atoms with E-state index in [1.54, 1.807) is 38.5 Å². The van der Waals surface area contributed by atoms with Crippen LogP contribution in [0.25, 0.3) is 22.6 Å². The first kappa shape index (κ1) is 22.0. The molecule has 5 rings (SSSR count). The molecule has 0 bridgehead atoms. The maximum absolute atomic E-state index is 13.2. The van der Waals surface area contributed by atoms with E-state index in [1.807, 2.05) is 18.2 Å². The molecule has 4 heterocycles. The third-order valence-corrected chi connectivity index (χ3v) is 5.77. The van der Waals surface area contributed by atoms with Gasteiger partial charge in [0.05, 0.1) is 36.1 Å². The Morgan fingerprint density at radius 3 is 2.91 bits per heavy atom. The Morgan fingerprint density at radius 2 is 2.15 bits per heavy atom. The molecule has 1 aromatic carbocycles. The van der Waals surface area contributed by atoms with Gasteiger partial charge in [0.1, 0.15) is 12.3 Å². The van der Waals surface area contributed by atoms with Gasteiger partial charge in [0.2, 0.25) is 0 Å². The third-order valence-electron chi connectivity index (χ3n) is 5.77. The molecule has 1 amide bonds. The Hall–Kier alpha value is -3.85. The number of hydrogen-bond acceptors (Lipinski definition) is 8. The van der Waals surface area contributed by atoms with E-state index in [0.29, 0.717) is 52.7 Å². The van der Waals surface area contributed by atoms with Crippen molar-refractivity contribution in [1.82, 2.24) is 15.5 Å². The summed E-state index contributed by atoms with van der Waals surface area (Å²) in [6.45, 7) is 3.34. The van der Waals surface area contributed by atoms with Crippen molar-refractivity contribution < 1.29 is 27.9 Å². The van der Waals surface area contributed by atoms with E-state index in [4.69, 9.17) is 23.2 Å². The number of carbonyl (C=O) groups is 1. The molecule has 1 aliphatic heterocycles. The summed E-state index contributed by atoms with van der Waals surface area (Å²) in [5.41, 5.74) is 2.65. The van der Waals surface area contributed by atoms with Crippen LogP contribution in [-0.4, -0.2) is 42.5 Å². The van der Waals surface area contributed by atoms with Gasteiger partial charge in [0, 0.05) is 13.2 Å². The number of pyridine rings is 1. The van der Waals surface area contributed by atoms with E-state index in [9.17, 15) is 4.79 Å². The van der Waals surface area contributed by atoms with Crippen molar-refractivity contribution in [3.05, 3.63) is 59.5 Å². The number of nitrogens with zero attached hydrogens (tertiary/aromatic N) is 2. The zero-order valence-electron chi connectivity index (χ0n) is 19.0. The van der Waals surface area contributed by atoms with Crippen molar-refractivity contribution in [1.29, 1.82) is 0 Å². The Bertz CT molecular complexity index is 1290. The summed E-state index contributed by atoms with van der Waals surface area (Å²) in [6.07, 6.45) is 3.73. The smallest absolute Gasteiger partial charge is 0.259 e. The largest absolute Gasteiger partial charge is 0.493 e. The minimum Gasteiger partial charge on any atom is -0.493 e. The fourth-order valence-corrected chi connectivity index (χ4v) is 4.00. The number of ether oxygens (including phenoxy) is 3. The predicted octanol–water partition coefficient (Wildman–Crippen LogP) is 4.29. The zero-order chi connectivity index (χ0) is 23.5. The SMILES string of the molecule is COc1cc(CNC(=O)c2cc(-c3ccco3)nc3onc(C)c23)ccc1OCC1CCCO1. The number of nitrogens with one attached hydrogen (secondary N) is 1. The molecule has 1 N–H and O–H groups in total. The van der Waals surface area contributed by atoms with Crippen LogP contribution in [-0.2, 0) is 11.3 Å². The molecule has 3 aromatic heterocycles. The highest BCUT2D eigenvalue weighted by Gasteiger charge is 2.21. The lowest BCUT2D eigenvalue weighted by Gasteiger charge is -2.15. The quantitative estimate of drug-likeness (QED) is 0.412. The number of hydrogen-bond donors (Lipinski definition) is 1. The fraction of sp³-hybridized carbons (Fsp3) is 0.320. The van der Waals surface area contributed by atoms with Gasteiger partial charge < -0.3 is 28.5 Å². The van der Waals surface area contributed by atoms with Crippen molar-refractivity contribution in [2.45, 2.75) is 32.4 Å². The van der Waals surface area contributed by atoms with Crippen LogP contribution in [0.3, 0.4) is 0 Å². The lowest BCUT2D eigenvalue weighted by Crippen LogP contribution is -2.23. The minimum atomic E-state index is -0.274. The molecule has 9 nitrogen and oxygen atoms in total. The van der Waals surface area contributed by atoms with Crippen LogP contribution in [0.1, 0.15) is 34.5 Å². The van der Waals surface area contributed by atoms with E-state index < -0.39 is 0 Å². The summed E-state index contributed by atoms with van der Waals surface area (Å²) in [5, 5.41) is 7.50. The monoisotopic (exact) mass is 463 g/mol. The second kappa shape index (κ2) is 9.56. The average Bonchev–Trinajstić information content (AvgIpc) is 3.64. The summed E-state index contributed by atoms with van der Waals surface area (Å²) in [6, 6.07) is 10.8. The predicted molar refractivity (Wildman–Crippen MR) is 123 cm³/mol. The molecular formula is C25H25N3O6. The summed E-state index contributed by atoms with van der Waals surface area (Å²) >= 11 is 0. The molecule has 0 saturated carbocycles. The number of aryl methyl sites for hydroxylation is 1. The number of aromatic nitrogens is 2. The van der Waals surface area contributed by atoms with Gasteiger partial charge in [0.15, 0.2) is 17.3 Å². The van der Waals surface area contributed by atoms with Gasteiger partial charge in [-0.15, -0.1) is 0 Å². The van der Waals surface area contributed by atoms with Gasteiger partial charge in [0.25, 0.3) is 11.6 Å². The number of rotatable bonds is 8. The maximum atomic E-state index is 13.2. The molecule has 1 unspecified atom stereocenters. The van der Waals surface area contributed by atoms with Gasteiger partial charge >= 0.3 is 0 Å². The highest BCUT2D eigenvalue weighted by molar-refractivity contribution is 6.06. The van der Waals surface area contributed by atoms with E-state index in [0.717, 1.165) is 25.0 Å². The van der Waals surface area contributed by atoms with Crippen LogP contribution >= 0.6 is 0 Å². The molecule has 0 radical (unpaired) electrons. The van der Waals surface area contributed by atoms with Crippen LogP contribution in [0.2, 0.25) is 0 Å². The second-order valence-corrected chi connectivity index (χ2v) is 8.09. The fourth-order valence-electron chi connectivity index (χ4n) is 4.00. The molecular weight excluding hydrogens is 438 g/mol. The average molecular weight is 463 g/mol. The maximum Gasteiger partial charge on any atom is 0.259 e. The van der Waals surface area contributed by atoms with Crippen LogP contribution in [0, 0.1) is 6.92 Å². The molecule has 1 atom stereocenters. The summed E-state index contributed by atoms with van der Waals surface area (Å²) in [7, 11) is 1.59. The summed E-state index contributed by atoms with van der Waals surface area (Å²) in [4.78, 5) is 17.6. The Balaban J connectivity index is 1.32. The molecule has 0 aliphatic carbocycles. The molecule has 1 aliphatic rings. The first-order chi connectivity index (χ1) is 16.6. The van der Waals surface area contributed by atoms with Gasteiger partial charge in [-0.2, -0.15) is 0 Å². The van der Waals surface area contributed by atoms with Crippen molar-refractivity contribution in [2.75, 3.05) is 20.3 Å². The first-order valence-electron chi connectivity index (χ1n) is 11.1. The second-order valence-electron chi connectivity index (χ2n) is 8.09. The van der Waals surface area contributed by atoms with Gasteiger partial charge in [-0.1, -0.05) is 11.2 Å². The van der Waals surface area contributed by atoms with E-state index in [-0.39, 0.29) is 17.7 Å². The van der Waals surface area contributed by atoms with Crippen LogP contribution in [0.5, 0.6) is 11.5 Å². The zero-order valence-corrected chi connectivity index (χ0v) is 19.0. The number of amides is 1. The summed E-state index contributed by atoms with van der Waals surface area (Å²) < 4.78 is 27.8.